The molecule has 0 bridgehead atoms. The fourth-order valence-corrected chi connectivity index (χ4v) is 3.38. The van der Waals surface area contributed by atoms with Crippen LogP contribution in [0.2, 0.25) is 0 Å². The van der Waals surface area contributed by atoms with Crippen molar-refractivity contribution in [3.8, 4) is 0 Å². The molecule has 1 aliphatic rings. The highest BCUT2D eigenvalue weighted by Crippen LogP contribution is 2.38. The van der Waals surface area contributed by atoms with Gasteiger partial charge >= 0.3 is 0 Å². The summed E-state index contributed by atoms with van der Waals surface area (Å²) >= 11 is 0. The van der Waals surface area contributed by atoms with Crippen molar-refractivity contribution < 1.29 is 9.59 Å². The van der Waals surface area contributed by atoms with Crippen LogP contribution in [0.3, 0.4) is 0 Å². The molecule has 1 aliphatic carbocycles. The van der Waals surface area contributed by atoms with Gasteiger partial charge in [0.15, 0.2) is 0 Å². The third kappa shape index (κ3) is 4.95. The summed E-state index contributed by atoms with van der Waals surface area (Å²) in [5.74, 6) is -0.262. The Morgan fingerprint density at radius 2 is 1.88 bits per heavy atom. The lowest BCUT2D eigenvalue weighted by Gasteiger charge is -2.35. The van der Waals surface area contributed by atoms with Crippen molar-refractivity contribution in [2.24, 2.45) is 11.1 Å². The second-order valence-electron chi connectivity index (χ2n) is 6.62. The number of aryl methyl sites for hydroxylation is 1. The summed E-state index contributed by atoms with van der Waals surface area (Å²) in [6.07, 6.45) is 5.93. The number of hydrogen-bond acceptors (Lipinski definition) is 3. The van der Waals surface area contributed by atoms with Crippen LogP contribution in [0.4, 0.5) is 5.69 Å². The summed E-state index contributed by atoms with van der Waals surface area (Å²) in [7, 11) is 1.59. The molecule has 1 saturated carbocycles. The van der Waals surface area contributed by atoms with E-state index >= 15 is 0 Å². The van der Waals surface area contributed by atoms with Crippen molar-refractivity contribution in [2.75, 3.05) is 18.9 Å². The summed E-state index contributed by atoms with van der Waals surface area (Å²) in [6, 6.07) is 5.46. The lowest BCUT2D eigenvalue weighted by atomic mass is 9.71. The van der Waals surface area contributed by atoms with Crippen LogP contribution < -0.4 is 16.4 Å². The Hall–Kier alpha value is -1.59. The first-order valence-corrected chi connectivity index (χ1v) is 8.32. The van der Waals surface area contributed by atoms with E-state index in [1.54, 1.807) is 19.2 Å². The van der Waals surface area contributed by atoms with Gasteiger partial charge in [0.2, 0.25) is 5.91 Å². The van der Waals surface area contributed by atoms with Gasteiger partial charge in [-0.1, -0.05) is 30.9 Å². The Morgan fingerprint density at radius 1 is 1.21 bits per heavy atom. The molecule has 1 aromatic carbocycles. The standard InChI is InChI=1S/C18H27N3O2.ClH/c1-13-6-7-15(14(10-13)17(23)20-2)21-16(22)11-18(12-19)8-4-3-5-9-18;/h6-7,10H,3-5,8-9,11-12,19H2,1-2H3,(H,20,23)(H,21,22);1H. The molecule has 1 fully saturated rings. The Bertz CT molecular complexity index is 584. The number of hydrogen-bond donors (Lipinski definition) is 3. The lowest BCUT2D eigenvalue weighted by molar-refractivity contribution is -0.118. The number of halogens is 1. The molecule has 4 N–H and O–H groups in total. The van der Waals surface area contributed by atoms with E-state index in [0.717, 1.165) is 31.2 Å². The molecule has 0 atom stereocenters. The quantitative estimate of drug-likeness (QED) is 0.760. The van der Waals surface area contributed by atoms with E-state index in [2.05, 4.69) is 10.6 Å². The maximum atomic E-state index is 12.5. The maximum absolute atomic E-state index is 12.5. The molecule has 5 nitrogen and oxygen atoms in total. The zero-order chi connectivity index (χ0) is 16.9. The molecule has 1 aromatic rings. The van der Waals surface area contributed by atoms with E-state index in [1.165, 1.54) is 6.42 Å². The van der Waals surface area contributed by atoms with Gasteiger partial charge in [0, 0.05) is 13.5 Å². The number of benzene rings is 1. The SMILES string of the molecule is CNC(=O)c1cc(C)ccc1NC(=O)CC1(CN)CCCCC1.Cl. The molecule has 0 heterocycles. The van der Waals surface area contributed by atoms with Gasteiger partial charge < -0.3 is 16.4 Å². The van der Waals surface area contributed by atoms with Gasteiger partial charge in [-0.15, -0.1) is 12.4 Å². The highest BCUT2D eigenvalue weighted by molar-refractivity contribution is 6.03. The van der Waals surface area contributed by atoms with Crippen molar-refractivity contribution in [3.63, 3.8) is 0 Å². The minimum atomic E-state index is -0.199. The van der Waals surface area contributed by atoms with Crippen molar-refractivity contribution in [3.05, 3.63) is 29.3 Å². The van der Waals surface area contributed by atoms with Crippen LogP contribution in [-0.4, -0.2) is 25.4 Å². The van der Waals surface area contributed by atoms with Crippen molar-refractivity contribution >= 4 is 29.9 Å². The maximum Gasteiger partial charge on any atom is 0.253 e. The van der Waals surface area contributed by atoms with Crippen LogP contribution in [0.5, 0.6) is 0 Å². The number of nitrogens with one attached hydrogen (secondary N) is 2. The van der Waals surface area contributed by atoms with Crippen LogP contribution in [0.15, 0.2) is 18.2 Å². The van der Waals surface area contributed by atoms with E-state index < -0.39 is 0 Å². The van der Waals surface area contributed by atoms with Crippen LogP contribution in [0.1, 0.15) is 54.4 Å². The zero-order valence-electron chi connectivity index (χ0n) is 14.5. The minimum Gasteiger partial charge on any atom is -0.355 e. The molecule has 6 heteroatoms. The molecule has 0 unspecified atom stereocenters. The Morgan fingerprint density at radius 3 is 2.46 bits per heavy atom. The van der Waals surface area contributed by atoms with E-state index in [4.69, 9.17) is 5.73 Å². The van der Waals surface area contributed by atoms with Gasteiger partial charge in [-0.2, -0.15) is 0 Å². The van der Waals surface area contributed by atoms with Gasteiger partial charge in [-0.25, -0.2) is 0 Å². The molecule has 0 aromatic heterocycles. The monoisotopic (exact) mass is 353 g/mol. The topological polar surface area (TPSA) is 84.2 Å². The smallest absolute Gasteiger partial charge is 0.253 e. The fraction of sp³-hybridized carbons (Fsp3) is 0.556. The third-order valence-corrected chi connectivity index (χ3v) is 4.80. The molecule has 0 spiro atoms. The highest BCUT2D eigenvalue weighted by Gasteiger charge is 2.33. The average Bonchev–Trinajstić information content (AvgIpc) is 2.56. The van der Waals surface area contributed by atoms with Crippen molar-refractivity contribution in [1.82, 2.24) is 5.32 Å². The van der Waals surface area contributed by atoms with Gasteiger partial charge in [-0.05, 0) is 43.9 Å². The minimum absolute atomic E-state index is 0. The average molecular weight is 354 g/mol. The first-order valence-electron chi connectivity index (χ1n) is 8.32. The number of carbonyl (C=O) groups excluding carboxylic acids is 2. The molecule has 2 amide bonds. The predicted octanol–water partition coefficient (Wildman–Crippen LogP) is 3.01. The molecule has 0 radical (unpaired) electrons. The van der Waals surface area contributed by atoms with E-state index in [1.807, 2.05) is 13.0 Å². The second kappa shape index (κ2) is 9.04. The summed E-state index contributed by atoms with van der Waals surface area (Å²) in [4.78, 5) is 24.5. The Labute approximate surface area is 150 Å². The number of anilines is 1. The van der Waals surface area contributed by atoms with E-state index in [9.17, 15) is 9.59 Å². The molecular weight excluding hydrogens is 326 g/mol. The fourth-order valence-electron chi connectivity index (χ4n) is 3.38. The van der Waals surface area contributed by atoms with Gasteiger partial charge in [-0.3, -0.25) is 9.59 Å². The van der Waals surface area contributed by atoms with Crippen molar-refractivity contribution in [2.45, 2.75) is 45.4 Å². The number of nitrogens with two attached hydrogens (primary N) is 1. The molecule has 134 valence electrons. The van der Waals surface area contributed by atoms with Crippen LogP contribution in [0.25, 0.3) is 0 Å². The molecular formula is C18H28ClN3O2. The summed E-state index contributed by atoms with van der Waals surface area (Å²) in [5.41, 5.74) is 7.90. The molecule has 2 rings (SSSR count). The zero-order valence-corrected chi connectivity index (χ0v) is 15.3. The number of amides is 2. The van der Waals surface area contributed by atoms with Gasteiger partial charge in [0.1, 0.15) is 0 Å². The molecule has 0 aliphatic heterocycles. The lowest BCUT2D eigenvalue weighted by Crippen LogP contribution is -2.36. The second-order valence-corrected chi connectivity index (χ2v) is 6.62. The van der Waals surface area contributed by atoms with Crippen molar-refractivity contribution in [1.29, 1.82) is 0 Å². The largest absolute Gasteiger partial charge is 0.355 e. The summed E-state index contributed by atoms with van der Waals surface area (Å²) in [5, 5.41) is 5.52. The Balaban J connectivity index is 0.00000288. The third-order valence-electron chi connectivity index (χ3n) is 4.80. The molecule has 24 heavy (non-hydrogen) atoms. The van der Waals surface area contributed by atoms with Gasteiger partial charge in [0.05, 0.1) is 11.3 Å². The van der Waals surface area contributed by atoms with Crippen LogP contribution >= 0.6 is 12.4 Å². The first-order chi connectivity index (χ1) is 11.0. The Kier molecular flexibility index (Phi) is 7.70. The predicted molar refractivity (Wildman–Crippen MR) is 99.6 cm³/mol. The normalized spacial score (nSPS) is 16.0. The summed E-state index contributed by atoms with van der Waals surface area (Å²) in [6.45, 7) is 2.46. The highest BCUT2D eigenvalue weighted by atomic mass is 35.5. The van der Waals surface area contributed by atoms with E-state index in [-0.39, 0.29) is 29.6 Å². The summed E-state index contributed by atoms with van der Waals surface area (Å²) < 4.78 is 0. The van der Waals surface area contributed by atoms with Crippen LogP contribution in [0, 0.1) is 12.3 Å². The number of carbonyl (C=O) groups is 2. The molecule has 0 saturated heterocycles. The van der Waals surface area contributed by atoms with E-state index in [0.29, 0.717) is 24.2 Å². The van der Waals surface area contributed by atoms with Crippen LogP contribution in [-0.2, 0) is 4.79 Å². The number of rotatable bonds is 5. The first kappa shape index (κ1) is 20.5. The van der Waals surface area contributed by atoms with Gasteiger partial charge in [0.25, 0.3) is 5.91 Å².